The van der Waals surface area contributed by atoms with Crippen LogP contribution in [0, 0.1) is 6.92 Å². The molecule has 0 bridgehead atoms. The quantitative estimate of drug-likeness (QED) is 0.374. The summed E-state index contributed by atoms with van der Waals surface area (Å²) in [4.78, 5) is 9.01. The fourth-order valence-corrected chi connectivity index (χ4v) is 3.19. The highest BCUT2D eigenvalue weighted by Gasteiger charge is 2.20. The maximum Gasteiger partial charge on any atom is 0.191 e. The highest BCUT2D eigenvalue weighted by molar-refractivity contribution is 14.0. The van der Waals surface area contributed by atoms with Gasteiger partial charge in [0.25, 0.3) is 0 Å². The van der Waals surface area contributed by atoms with E-state index in [1.54, 1.807) is 13.4 Å². The van der Waals surface area contributed by atoms with Gasteiger partial charge >= 0.3 is 0 Å². The molecule has 2 aromatic rings. The SMILES string of the molecule is CCNC(=NCCc1ccc(C)c(OC)c1)NC1CCc2ncnn2C1.I. The Bertz CT molecular complexity index is 760. The van der Waals surface area contributed by atoms with Crippen LogP contribution in [0.15, 0.2) is 29.5 Å². The molecule has 1 unspecified atom stereocenters. The molecule has 0 aliphatic carbocycles. The fourth-order valence-electron chi connectivity index (χ4n) is 3.19. The average Bonchev–Trinajstić information content (AvgIpc) is 3.11. The number of aryl methyl sites for hydroxylation is 2. The van der Waals surface area contributed by atoms with Crippen molar-refractivity contribution in [1.82, 2.24) is 25.4 Å². The summed E-state index contributed by atoms with van der Waals surface area (Å²) in [5, 5.41) is 11.1. The third kappa shape index (κ3) is 5.82. The van der Waals surface area contributed by atoms with Gasteiger partial charge in [-0.2, -0.15) is 5.10 Å². The van der Waals surface area contributed by atoms with Crippen molar-refractivity contribution in [3.63, 3.8) is 0 Å². The molecule has 0 amide bonds. The van der Waals surface area contributed by atoms with E-state index in [0.717, 1.165) is 62.0 Å². The van der Waals surface area contributed by atoms with Crippen LogP contribution < -0.4 is 15.4 Å². The minimum absolute atomic E-state index is 0. The van der Waals surface area contributed by atoms with E-state index in [1.807, 2.05) is 4.68 Å². The van der Waals surface area contributed by atoms with Crippen LogP contribution in [0.3, 0.4) is 0 Å². The van der Waals surface area contributed by atoms with E-state index in [-0.39, 0.29) is 24.0 Å². The second kappa shape index (κ2) is 10.5. The Morgan fingerprint density at radius 2 is 2.26 bits per heavy atom. The number of hydrogen-bond donors (Lipinski definition) is 2. The molecule has 1 aliphatic rings. The number of fused-ring (bicyclic) bond motifs is 1. The van der Waals surface area contributed by atoms with Gasteiger partial charge in [-0.15, -0.1) is 24.0 Å². The van der Waals surface area contributed by atoms with Crippen LogP contribution in [0.1, 0.15) is 30.3 Å². The Kier molecular flexibility index (Phi) is 8.33. The number of aliphatic imine (C=N–C) groups is 1. The van der Waals surface area contributed by atoms with Gasteiger partial charge < -0.3 is 15.4 Å². The summed E-state index contributed by atoms with van der Waals surface area (Å²) in [6.07, 6.45) is 4.50. The lowest BCUT2D eigenvalue weighted by Gasteiger charge is -2.25. The maximum absolute atomic E-state index is 5.40. The Hall–Kier alpha value is -1.84. The number of guanidine groups is 1. The van der Waals surface area contributed by atoms with Crippen LogP contribution in [0.5, 0.6) is 5.75 Å². The van der Waals surface area contributed by atoms with Crippen molar-refractivity contribution >= 4 is 29.9 Å². The number of methoxy groups -OCH3 is 1. The Balaban J connectivity index is 0.00000261. The van der Waals surface area contributed by atoms with Gasteiger partial charge in [-0.05, 0) is 43.9 Å². The summed E-state index contributed by atoms with van der Waals surface area (Å²) in [6, 6.07) is 6.65. The lowest BCUT2D eigenvalue weighted by Crippen LogP contribution is -2.47. The fraction of sp³-hybridized carbons (Fsp3) is 0.526. The van der Waals surface area contributed by atoms with Crippen LogP contribution >= 0.6 is 24.0 Å². The van der Waals surface area contributed by atoms with Crippen molar-refractivity contribution in [2.24, 2.45) is 4.99 Å². The van der Waals surface area contributed by atoms with Crippen molar-refractivity contribution in [1.29, 1.82) is 0 Å². The molecule has 3 rings (SSSR count). The smallest absolute Gasteiger partial charge is 0.191 e. The molecular weight excluding hydrogens is 455 g/mol. The molecule has 1 aliphatic heterocycles. The van der Waals surface area contributed by atoms with E-state index in [9.17, 15) is 0 Å². The highest BCUT2D eigenvalue weighted by Crippen LogP contribution is 2.19. The molecule has 0 fully saturated rings. The minimum Gasteiger partial charge on any atom is -0.496 e. The molecule has 7 nitrogen and oxygen atoms in total. The Morgan fingerprint density at radius 1 is 1.41 bits per heavy atom. The summed E-state index contributed by atoms with van der Waals surface area (Å²) >= 11 is 0. The molecular formula is C19H29IN6O. The molecule has 0 saturated heterocycles. The monoisotopic (exact) mass is 484 g/mol. The van der Waals surface area contributed by atoms with Gasteiger partial charge in [0.2, 0.25) is 0 Å². The molecule has 148 valence electrons. The second-order valence-corrected chi connectivity index (χ2v) is 6.55. The number of hydrogen-bond acceptors (Lipinski definition) is 4. The topological polar surface area (TPSA) is 76.4 Å². The number of ether oxygens (including phenoxy) is 1. The predicted octanol–water partition coefficient (Wildman–Crippen LogP) is 2.33. The van der Waals surface area contributed by atoms with Crippen LogP contribution in [-0.4, -0.2) is 47.0 Å². The molecule has 0 saturated carbocycles. The molecule has 0 radical (unpaired) electrons. The van der Waals surface area contributed by atoms with Gasteiger partial charge in [-0.1, -0.05) is 12.1 Å². The Labute approximate surface area is 178 Å². The number of rotatable bonds is 6. The Morgan fingerprint density at radius 3 is 3.04 bits per heavy atom. The van der Waals surface area contributed by atoms with Crippen molar-refractivity contribution in [2.75, 3.05) is 20.2 Å². The molecule has 27 heavy (non-hydrogen) atoms. The molecule has 1 aromatic carbocycles. The highest BCUT2D eigenvalue weighted by atomic mass is 127. The molecule has 2 heterocycles. The van der Waals surface area contributed by atoms with Gasteiger partial charge in [-0.25, -0.2) is 9.67 Å². The van der Waals surface area contributed by atoms with Gasteiger partial charge in [-0.3, -0.25) is 4.99 Å². The first kappa shape index (κ1) is 21.5. The predicted molar refractivity (Wildman–Crippen MR) is 118 cm³/mol. The summed E-state index contributed by atoms with van der Waals surface area (Å²) in [7, 11) is 1.71. The zero-order chi connectivity index (χ0) is 18.4. The van der Waals surface area contributed by atoms with Crippen LogP contribution in [0.4, 0.5) is 0 Å². The van der Waals surface area contributed by atoms with Crippen molar-refractivity contribution in [3.8, 4) is 5.75 Å². The molecule has 8 heteroatoms. The van der Waals surface area contributed by atoms with E-state index >= 15 is 0 Å². The summed E-state index contributed by atoms with van der Waals surface area (Å²) < 4.78 is 7.38. The number of nitrogens with zero attached hydrogens (tertiary/aromatic N) is 4. The zero-order valence-electron chi connectivity index (χ0n) is 16.2. The first-order valence-electron chi connectivity index (χ1n) is 9.24. The standard InChI is InChI=1S/C19H28N6O.HI/c1-4-20-19(24-16-7-8-18-22-13-23-25(18)12-16)21-10-9-15-6-5-14(2)17(11-15)26-3;/h5-6,11,13,16H,4,7-10,12H2,1-3H3,(H2,20,21,24);1H. The lowest BCUT2D eigenvalue weighted by molar-refractivity contribution is 0.393. The third-order valence-electron chi connectivity index (χ3n) is 4.63. The van der Waals surface area contributed by atoms with Crippen LogP contribution in [0.25, 0.3) is 0 Å². The van der Waals surface area contributed by atoms with Gasteiger partial charge in [0.05, 0.1) is 13.7 Å². The molecule has 2 N–H and O–H groups in total. The number of benzene rings is 1. The van der Waals surface area contributed by atoms with E-state index < -0.39 is 0 Å². The van der Waals surface area contributed by atoms with E-state index in [2.05, 4.69) is 52.8 Å². The second-order valence-electron chi connectivity index (χ2n) is 6.55. The number of halogens is 1. The molecule has 0 spiro atoms. The zero-order valence-corrected chi connectivity index (χ0v) is 18.6. The van der Waals surface area contributed by atoms with E-state index in [4.69, 9.17) is 9.73 Å². The van der Waals surface area contributed by atoms with Crippen LogP contribution in [-0.2, 0) is 19.4 Å². The minimum atomic E-state index is 0. The summed E-state index contributed by atoms with van der Waals surface area (Å²) in [5.74, 6) is 2.86. The average molecular weight is 484 g/mol. The van der Waals surface area contributed by atoms with Gasteiger partial charge in [0, 0.05) is 25.6 Å². The van der Waals surface area contributed by atoms with Crippen molar-refractivity contribution in [3.05, 3.63) is 41.5 Å². The largest absolute Gasteiger partial charge is 0.496 e. The summed E-state index contributed by atoms with van der Waals surface area (Å²) in [5.41, 5.74) is 2.39. The van der Waals surface area contributed by atoms with Crippen molar-refractivity contribution < 1.29 is 4.74 Å². The van der Waals surface area contributed by atoms with E-state index in [1.165, 1.54) is 5.56 Å². The van der Waals surface area contributed by atoms with Crippen molar-refractivity contribution in [2.45, 2.75) is 45.7 Å². The normalized spacial score (nSPS) is 16.3. The molecule has 1 aromatic heterocycles. The third-order valence-corrected chi connectivity index (χ3v) is 4.63. The van der Waals surface area contributed by atoms with E-state index in [0.29, 0.717) is 6.04 Å². The summed E-state index contributed by atoms with van der Waals surface area (Å²) in [6.45, 7) is 6.53. The maximum atomic E-state index is 5.40. The first-order valence-corrected chi connectivity index (χ1v) is 9.24. The molecule has 1 atom stereocenters. The van der Waals surface area contributed by atoms with Gasteiger partial charge in [0.1, 0.15) is 17.9 Å². The van der Waals surface area contributed by atoms with Gasteiger partial charge in [0.15, 0.2) is 5.96 Å². The number of nitrogens with one attached hydrogen (secondary N) is 2. The lowest BCUT2D eigenvalue weighted by atomic mass is 10.1. The number of aromatic nitrogens is 3. The van der Waals surface area contributed by atoms with Crippen LogP contribution in [0.2, 0.25) is 0 Å². The first-order chi connectivity index (χ1) is 12.7.